The number of hydrogen-bond donors (Lipinski definition) is 3. The zero-order valence-electron chi connectivity index (χ0n) is 10.8. The second-order valence-corrected chi connectivity index (χ2v) is 4.16. The highest BCUT2D eigenvalue weighted by Crippen LogP contribution is 2.14. The van der Waals surface area contributed by atoms with E-state index >= 15 is 0 Å². The number of benzene rings is 1. The minimum absolute atomic E-state index is 0.102. The fraction of sp³-hybridized carbons (Fsp3) is 0.143. The van der Waals surface area contributed by atoms with Crippen molar-refractivity contribution in [3.63, 3.8) is 0 Å². The van der Waals surface area contributed by atoms with E-state index in [-0.39, 0.29) is 18.1 Å². The third kappa shape index (κ3) is 3.38. The Morgan fingerprint density at radius 3 is 2.55 bits per heavy atom. The molecule has 2 amide bonds. The molecule has 2 rings (SSSR count). The van der Waals surface area contributed by atoms with Gasteiger partial charge >= 0.3 is 12.0 Å². The predicted octanol–water partition coefficient (Wildman–Crippen LogP) is 2.61. The molecule has 6 heteroatoms. The standard InChI is InChI=1S/C14H14N2O4/c1-9-12(13(17)18)7-11(20-9)8-15-14(19)16-10-5-3-2-4-6-10/h2-7H,8H2,1H3,(H,17,18)(H2,15,16,19). The molecular formula is C14H14N2O4. The van der Waals surface area contributed by atoms with Gasteiger partial charge in [0.05, 0.1) is 6.54 Å². The maximum Gasteiger partial charge on any atom is 0.339 e. The highest BCUT2D eigenvalue weighted by atomic mass is 16.4. The average molecular weight is 274 g/mol. The van der Waals surface area contributed by atoms with Crippen LogP contribution in [-0.2, 0) is 6.54 Å². The van der Waals surface area contributed by atoms with Crippen LogP contribution in [0, 0.1) is 6.92 Å². The molecule has 3 N–H and O–H groups in total. The average Bonchev–Trinajstić information content (AvgIpc) is 2.79. The van der Waals surface area contributed by atoms with Crippen LogP contribution >= 0.6 is 0 Å². The second kappa shape index (κ2) is 5.92. The molecule has 1 aromatic heterocycles. The molecule has 0 fully saturated rings. The summed E-state index contributed by atoms with van der Waals surface area (Å²) in [7, 11) is 0. The molecule has 0 atom stereocenters. The molecule has 104 valence electrons. The van der Waals surface area contributed by atoms with Crippen LogP contribution in [-0.4, -0.2) is 17.1 Å². The van der Waals surface area contributed by atoms with Crippen molar-refractivity contribution >= 4 is 17.7 Å². The van der Waals surface area contributed by atoms with Gasteiger partial charge in [0, 0.05) is 5.69 Å². The smallest absolute Gasteiger partial charge is 0.339 e. The van der Waals surface area contributed by atoms with Crippen molar-refractivity contribution in [2.24, 2.45) is 0 Å². The molecule has 0 radical (unpaired) electrons. The third-order valence-electron chi connectivity index (χ3n) is 2.65. The Kier molecular flexibility index (Phi) is 4.05. The van der Waals surface area contributed by atoms with Crippen LogP contribution < -0.4 is 10.6 Å². The number of furan rings is 1. The number of amides is 2. The summed E-state index contributed by atoms with van der Waals surface area (Å²) < 4.78 is 5.25. The summed E-state index contributed by atoms with van der Waals surface area (Å²) in [5.74, 6) is -0.341. The summed E-state index contributed by atoms with van der Waals surface area (Å²) in [6.45, 7) is 1.68. The molecule has 6 nitrogen and oxygen atoms in total. The SMILES string of the molecule is Cc1oc(CNC(=O)Nc2ccccc2)cc1C(=O)O. The number of carboxylic acid groups (broad SMARTS) is 1. The number of urea groups is 1. The summed E-state index contributed by atoms with van der Waals surface area (Å²) in [4.78, 5) is 22.5. The Hall–Kier alpha value is -2.76. The fourth-order valence-corrected chi connectivity index (χ4v) is 1.71. The first-order valence-corrected chi connectivity index (χ1v) is 5.99. The van der Waals surface area contributed by atoms with Gasteiger partial charge in [-0.3, -0.25) is 0 Å². The lowest BCUT2D eigenvalue weighted by Crippen LogP contribution is -2.27. The molecule has 1 aromatic carbocycles. The van der Waals surface area contributed by atoms with Crippen molar-refractivity contribution in [3.05, 3.63) is 53.5 Å². The molecule has 2 aromatic rings. The monoisotopic (exact) mass is 274 g/mol. The van der Waals surface area contributed by atoms with E-state index in [2.05, 4.69) is 10.6 Å². The van der Waals surface area contributed by atoms with E-state index in [0.29, 0.717) is 17.2 Å². The van der Waals surface area contributed by atoms with E-state index in [1.54, 1.807) is 19.1 Å². The van der Waals surface area contributed by atoms with Gasteiger partial charge in [-0.15, -0.1) is 0 Å². The normalized spacial score (nSPS) is 10.1. The number of carbonyl (C=O) groups is 2. The lowest BCUT2D eigenvalue weighted by Gasteiger charge is -2.05. The first-order valence-electron chi connectivity index (χ1n) is 5.99. The molecule has 0 aliphatic heterocycles. The molecule has 0 spiro atoms. The van der Waals surface area contributed by atoms with E-state index in [0.717, 1.165) is 0 Å². The molecule has 0 aliphatic rings. The zero-order valence-corrected chi connectivity index (χ0v) is 10.8. The van der Waals surface area contributed by atoms with Crippen LogP contribution in [0.3, 0.4) is 0 Å². The van der Waals surface area contributed by atoms with Gasteiger partial charge in [-0.1, -0.05) is 18.2 Å². The minimum atomic E-state index is -1.05. The minimum Gasteiger partial charge on any atom is -0.478 e. The number of para-hydroxylation sites is 1. The number of aromatic carboxylic acids is 1. The van der Waals surface area contributed by atoms with Gasteiger partial charge in [0.25, 0.3) is 0 Å². The van der Waals surface area contributed by atoms with Crippen LogP contribution in [0.2, 0.25) is 0 Å². The Labute approximate surface area is 115 Å². The first kappa shape index (κ1) is 13.7. The van der Waals surface area contributed by atoms with Crippen LogP contribution in [0.5, 0.6) is 0 Å². The zero-order chi connectivity index (χ0) is 14.5. The maximum atomic E-state index is 11.6. The molecule has 0 unspecified atom stereocenters. The Balaban J connectivity index is 1.90. The number of anilines is 1. The molecule has 0 bridgehead atoms. The van der Waals surface area contributed by atoms with E-state index in [4.69, 9.17) is 9.52 Å². The Morgan fingerprint density at radius 1 is 1.25 bits per heavy atom. The number of carboxylic acids is 1. The molecule has 0 saturated heterocycles. The second-order valence-electron chi connectivity index (χ2n) is 4.16. The topological polar surface area (TPSA) is 91.6 Å². The summed E-state index contributed by atoms with van der Waals surface area (Å²) in [5.41, 5.74) is 0.775. The highest BCUT2D eigenvalue weighted by Gasteiger charge is 2.13. The van der Waals surface area contributed by atoms with Crippen molar-refractivity contribution in [3.8, 4) is 0 Å². The summed E-state index contributed by atoms with van der Waals surface area (Å²) in [5, 5.41) is 14.1. The molecule has 0 aliphatic carbocycles. The summed E-state index contributed by atoms with van der Waals surface area (Å²) >= 11 is 0. The van der Waals surface area contributed by atoms with Crippen LogP contribution in [0.25, 0.3) is 0 Å². The molecule has 1 heterocycles. The molecule has 0 saturated carbocycles. The van der Waals surface area contributed by atoms with Gasteiger partial charge in [-0.2, -0.15) is 0 Å². The maximum absolute atomic E-state index is 11.6. The molecular weight excluding hydrogens is 260 g/mol. The van der Waals surface area contributed by atoms with E-state index < -0.39 is 5.97 Å². The highest BCUT2D eigenvalue weighted by molar-refractivity contribution is 5.90. The number of nitrogens with one attached hydrogen (secondary N) is 2. The van der Waals surface area contributed by atoms with Crippen LogP contribution in [0.4, 0.5) is 10.5 Å². The number of rotatable bonds is 4. The van der Waals surface area contributed by atoms with Crippen LogP contribution in [0.1, 0.15) is 21.9 Å². The van der Waals surface area contributed by atoms with E-state index in [1.165, 1.54) is 6.07 Å². The third-order valence-corrected chi connectivity index (χ3v) is 2.65. The van der Waals surface area contributed by atoms with E-state index in [9.17, 15) is 9.59 Å². The van der Waals surface area contributed by atoms with Gasteiger partial charge in [0.1, 0.15) is 17.1 Å². The van der Waals surface area contributed by atoms with Crippen molar-refractivity contribution in [1.29, 1.82) is 0 Å². The van der Waals surface area contributed by atoms with Gasteiger partial charge < -0.3 is 20.2 Å². The van der Waals surface area contributed by atoms with Crippen molar-refractivity contribution in [2.75, 3.05) is 5.32 Å². The lowest BCUT2D eigenvalue weighted by molar-refractivity contribution is 0.0695. The Morgan fingerprint density at radius 2 is 1.95 bits per heavy atom. The number of carbonyl (C=O) groups excluding carboxylic acids is 1. The quantitative estimate of drug-likeness (QED) is 0.799. The van der Waals surface area contributed by atoms with Gasteiger partial charge in [-0.25, -0.2) is 9.59 Å². The largest absolute Gasteiger partial charge is 0.478 e. The van der Waals surface area contributed by atoms with Crippen LogP contribution in [0.15, 0.2) is 40.8 Å². The summed E-state index contributed by atoms with van der Waals surface area (Å²) in [6, 6.07) is 10.0. The number of aryl methyl sites for hydroxylation is 1. The molecule has 20 heavy (non-hydrogen) atoms. The lowest BCUT2D eigenvalue weighted by atomic mass is 10.2. The summed E-state index contributed by atoms with van der Waals surface area (Å²) in [6.07, 6.45) is 0. The van der Waals surface area contributed by atoms with Gasteiger partial charge in [0.2, 0.25) is 0 Å². The number of hydrogen-bond acceptors (Lipinski definition) is 3. The fourth-order valence-electron chi connectivity index (χ4n) is 1.71. The van der Waals surface area contributed by atoms with Crippen molar-refractivity contribution in [2.45, 2.75) is 13.5 Å². The van der Waals surface area contributed by atoms with Gasteiger partial charge in [0.15, 0.2) is 0 Å². The predicted molar refractivity (Wildman–Crippen MR) is 72.7 cm³/mol. The van der Waals surface area contributed by atoms with Crippen molar-refractivity contribution in [1.82, 2.24) is 5.32 Å². The van der Waals surface area contributed by atoms with Crippen molar-refractivity contribution < 1.29 is 19.1 Å². The first-order chi connectivity index (χ1) is 9.56. The van der Waals surface area contributed by atoms with E-state index in [1.807, 2.05) is 18.2 Å². The Bertz CT molecular complexity index is 619. The van der Waals surface area contributed by atoms with Gasteiger partial charge in [-0.05, 0) is 25.1 Å².